The third-order valence-electron chi connectivity index (χ3n) is 5.00. The molecule has 0 amide bonds. The molecule has 0 spiro atoms. The minimum Gasteiger partial charge on any atom is -0.493 e. The lowest BCUT2D eigenvalue weighted by molar-refractivity contribution is 0.280. The molecule has 3 nitrogen and oxygen atoms in total. The molecule has 0 N–H and O–H groups in total. The topological polar surface area (TPSA) is 21.7 Å². The van der Waals surface area contributed by atoms with Gasteiger partial charge in [-0.2, -0.15) is 0 Å². The largest absolute Gasteiger partial charge is 0.493 e. The smallest absolute Gasteiger partial charge is 0.161 e. The fraction of sp³-hybridized carbons (Fsp3) is 0.571. The molecule has 3 rings (SSSR count). The minimum atomic E-state index is 0.827. The highest BCUT2D eigenvalue weighted by atomic mass is 16.5. The van der Waals surface area contributed by atoms with Crippen molar-refractivity contribution in [3.05, 3.63) is 58.1 Å². The molecule has 0 aromatic heterocycles. The molecule has 0 fully saturated rings. The monoisotopic (exact) mass is 429 g/mol. The van der Waals surface area contributed by atoms with Crippen molar-refractivity contribution in [2.75, 3.05) is 20.8 Å². The molecule has 1 heterocycles. The molecular formula is C28H47NO2. The van der Waals surface area contributed by atoms with Crippen LogP contribution in [-0.4, -0.2) is 25.7 Å². The van der Waals surface area contributed by atoms with Crippen LogP contribution in [0.2, 0.25) is 0 Å². The van der Waals surface area contributed by atoms with Gasteiger partial charge >= 0.3 is 0 Å². The van der Waals surface area contributed by atoms with Gasteiger partial charge in [-0.25, -0.2) is 0 Å². The summed E-state index contributed by atoms with van der Waals surface area (Å²) in [7, 11) is 3.39. The van der Waals surface area contributed by atoms with Gasteiger partial charge in [0.2, 0.25) is 0 Å². The number of hydrogen-bond donors (Lipinski definition) is 0. The second-order valence-corrected chi connectivity index (χ2v) is 7.42. The standard InChI is InChI=1S/C21H27NO2.C3H8.2C2H6/c1-15-7-8-17(10-16(15)2)6-5-9-22-13-18-11-20(23-3)21(24-4)12-19(18)14-22;1-3-2;2*1-2/h7-8,10-12H,5-6,9,13-14H2,1-4H3;3H2,1-2H3;2*1-2H3. The summed E-state index contributed by atoms with van der Waals surface area (Å²) in [4.78, 5) is 2.50. The van der Waals surface area contributed by atoms with Crippen LogP contribution in [0.3, 0.4) is 0 Å². The van der Waals surface area contributed by atoms with Crippen molar-refractivity contribution in [3.8, 4) is 11.5 Å². The van der Waals surface area contributed by atoms with Crippen molar-refractivity contribution < 1.29 is 9.47 Å². The Morgan fingerprint density at radius 1 is 0.774 bits per heavy atom. The maximum Gasteiger partial charge on any atom is 0.161 e. The van der Waals surface area contributed by atoms with Crippen molar-refractivity contribution in [2.24, 2.45) is 0 Å². The molecule has 2 aromatic carbocycles. The van der Waals surface area contributed by atoms with Crippen molar-refractivity contribution in [2.45, 2.75) is 87.7 Å². The molecule has 176 valence electrons. The number of methoxy groups -OCH3 is 2. The van der Waals surface area contributed by atoms with Gasteiger partial charge in [0.1, 0.15) is 0 Å². The van der Waals surface area contributed by atoms with Gasteiger partial charge in [0.25, 0.3) is 0 Å². The maximum absolute atomic E-state index is 5.41. The number of nitrogens with zero attached hydrogens (tertiary/aromatic N) is 1. The Morgan fingerprint density at radius 2 is 1.26 bits per heavy atom. The number of fused-ring (bicyclic) bond motifs is 1. The molecule has 3 heteroatoms. The average Bonchev–Trinajstić information content (AvgIpc) is 3.20. The van der Waals surface area contributed by atoms with Gasteiger partial charge in [-0.3, -0.25) is 4.90 Å². The van der Waals surface area contributed by atoms with E-state index in [-0.39, 0.29) is 0 Å². The molecule has 0 saturated heterocycles. The fourth-order valence-electron chi connectivity index (χ4n) is 3.42. The average molecular weight is 430 g/mol. The van der Waals surface area contributed by atoms with E-state index >= 15 is 0 Å². The number of benzene rings is 2. The van der Waals surface area contributed by atoms with Crippen molar-refractivity contribution >= 4 is 0 Å². The zero-order valence-corrected chi connectivity index (χ0v) is 21.9. The summed E-state index contributed by atoms with van der Waals surface area (Å²) < 4.78 is 10.8. The van der Waals surface area contributed by atoms with E-state index in [1.165, 1.54) is 40.7 Å². The van der Waals surface area contributed by atoms with Crippen LogP contribution in [0.1, 0.15) is 82.2 Å². The molecule has 0 radical (unpaired) electrons. The van der Waals surface area contributed by atoms with Crippen molar-refractivity contribution in [1.82, 2.24) is 4.90 Å². The van der Waals surface area contributed by atoms with Gasteiger partial charge in [-0.05, 0) is 73.2 Å². The van der Waals surface area contributed by atoms with Crippen LogP contribution in [0, 0.1) is 13.8 Å². The molecule has 0 unspecified atom stereocenters. The van der Waals surface area contributed by atoms with Crippen molar-refractivity contribution in [1.29, 1.82) is 0 Å². The SMILES string of the molecule is CC.CC.CCC.COc1cc2c(cc1OC)CN(CCCc1ccc(C)c(C)c1)C2. The van der Waals surface area contributed by atoms with E-state index in [4.69, 9.17) is 9.47 Å². The van der Waals surface area contributed by atoms with Crippen molar-refractivity contribution in [3.63, 3.8) is 0 Å². The zero-order chi connectivity index (χ0) is 23.8. The number of rotatable bonds is 6. The lowest BCUT2D eigenvalue weighted by atomic mass is 10.0. The Labute approximate surface area is 192 Å². The highest BCUT2D eigenvalue weighted by Crippen LogP contribution is 2.34. The quantitative estimate of drug-likeness (QED) is 0.469. The van der Waals surface area contributed by atoms with Gasteiger partial charge in [0, 0.05) is 13.1 Å². The fourth-order valence-corrected chi connectivity index (χ4v) is 3.42. The first-order valence-corrected chi connectivity index (χ1v) is 12.0. The Kier molecular flexibility index (Phi) is 15.6. The zero-order valence-electron chi connectivity index (χ0n) is 21.9. The molecule has 0 atom stereocenters. The third kappa shape index (κ3) is 9.35. The summed E-state index contributed by atoms with van der Waals surface area (Å²) in [5, 5.41) is 0. The Hall–Kier alpha value is -2.00. The first kappa shape index (κ1) is 29.0. The molecule has 1 aliphatic heterocycles. The minimum absolute atomic E-state index is 0.827. The molecule has 0 aliphatic carbocycles. The highest BCUT2D eigenvalue weighted by molar-refractivity contribution is 5.48. The van der Waals surface area contributed by atoms with Crippen LogP contribution in [0.4, 0.5) is 0 Å². The van der Waals surface area contributed by atoms with Gasteiger partial charge in [0.05, 0.1) is 14.2 Å². The number of hydrogen-bond acceptors (Lipinski definition) is 3. The summed E-state index contributed by atoms with van der Waals surface area (Å²) in [6, 6.07) is 11.1. The number of aryl methyl sites for hydroxylation is 3. The summed E-state index contributed by atoms with van der Waals surface area (Å²) in [6.07, 6.45) is 3.57. The Morgan fingerprint density at radius 3 is 1.68 bits per heavy atom. The van der Waals surface area contributed by atoms with E-state index < -0.39 is 0 Å². The molecule has 0 saturated carbocycles. The van der Waals surface area contributed by atoms with E-state index in [9.17, 15) is 0 Å². The molecule has 2 aromatic rings. The second kappa shape index (κ2) is 16.7. The van der Waals surface area contributed by atoms with Crippen LogP contribution in [0.15, 0.2) is 30.3 Å². The van der Waals surface area contributed by atoms with E-state index in [0.717, 1.165) is 37.6 Å². The van der Waals surface area contributed by atoms with E-state index in [1.807, 2.05) is 27.7 Å². The maximum atomic E-state index is 5.41. The van der Waals surface area contributed by atoms with Gasteiger partial charge in [-0.15, -0.1) is 0 Å². The lowest BCUT2D eigenvalue weighted by Gasteiger charge is -2.14. The summed E-state index contributed by atoms with van der Waals surface area (Å²) in [5.41, 5.74) is 6.92. The van der Waals surface area contributed by atoms with Crippen LogP contribution >= 0.6 is 0 Å². The summed E-state index contributed by atoms with van der Waals surface area (Å²) in [5.74, 6) is 1.65. The van der Waals surface area contributed by atoms with Crippen LogP contribution < -0.4 is 9.47 Å². The molecule has 0 bridgehead atoms. The number of ether oxygens (including phenoxy) is 2. The Bertz CT molecular complexity index is 707. The predicted molar refractivity (Wildman–Crippen MR) is 137 cm³/mol. The Balaban J connectivity index is 0.00000116. The van der Waals surface area contributed by atoms with Gasteiger partial charge in [-0.1, -0.05) is 66.2 Å². The second-order valence-electron chi connectivity index (χ2n) is 7.42. The van der Waals surface area contributed by atoms with E-state index in [1.54, 1.807) is 14.2 Å². The predicted octanol–water partition coefficient (Wildman–Crippen LogP) is 7.74. The normalized spacial score (nSPS) is 11.7. The summed E-state index contributed by atoms with van der Waals surface area (Å²) >= 11 is 0. The van der Waals surface area contributed by atoms with Crippen LogP contribution in [0.25, 0.3) is 0 Å². The van der Waals surface area contributed by atoms with Crippen LogP contribution in [-0.2, 0) is 19.5 Å². The highest BCUT2D eigenvalue weighted by Gasteiger charge is 2.21. The van der Waals surface area contributed by atoms with Crippen LogP contribution in [0.5, 0.6) is 11.5 Å². The molecular weight excluding hydrogens is 382 g/mol. The van der Waals surface area contributed by atoms with E-state index in [2.05, 4.69) is 62.9 Å². The van der Waals surface area contributed by atoms with Gasteiger partial charge < -0.3 is 9.47 Å². The molecule has 1 aliphatic rings. The lowest BCUT2D eigenvalue weighted by Crippen LogP contribution is -2.18. The van der Waals surface area contributed by atoms with Gasteiger partial charge in [0.15, 0.2) is 11.5 Å². The first-order valence-electron chi connectivity index (χ1n) is 12.0. The molecule has 31 heavy (non-hydrogen) atoms. The first-order chi connectivity index (χ1) is 15.0. The summed E-state index contributed by atoms with van der Waals surface area (Å²) in [6.45, 7) is 19.7. The third-order valence-corrected chi connectivity index (χ3v) is 5.00. The van der Waals surface area contributed by atoms with E-state index in [0.29, 0.717) is 0 Å².